The molecule has 1 N–H and O–H groups in total. The molecule has 2 amide bonds. The molecule has 1 heterocycles. The Morgan fingerprint density at radius 3 is 2.41 bits per heavy atom. The molecular formula is C21H23ClN2O3. The predicted octanol–water partition coefficient (Wildman–Crippen LogP) is 4.15. The Morgan fingerprint density at radius 2 is 1.78 bits per heavy atom. The number of nitrogens with one attached hydrogen (secondary N) is 1. The molecule has 0 aliphatic carbocycles. The summed E-state index contributed by atoms with van der Waals surface area (Å²) in [5, 5.41) is 3.43. The molecule has 1 fully saturated rings. The number of rotatable bonds is 4. The highest BCUT2D eigenvalue weighted by Gasteiger charge is 2.28. The number of halogens is 1. The molecule has 6 heteroatoms. The number of hydrogen-bond donors (Lipinski definition) is 1. The second kappa shape index (κ2) is 8.44. The summed E-state index contributed by atoms with van der Waals surface area (Å²) in [5.74, 6) is 0.374. The van der Waals surface area contributed by atoms with E-state index in [0.29, 0.717) is 48.0 Å². The molecule has 27 heavy (non-hydrogen) atoms. The topological polar surface area (TPSA) is 58.6 Å². The number of benzene rings is 2. The van der Waals surface area contributed by atoms with Gasteiger partial charge in [0, 0.05) is 29.6 Å². The van der Waals surface area contributed by atoms with E-state index in [2.05, 4.69) is 5.32 Å². The van der Waals surface area contributed by atoms with E-state index in [1.165, 1.54) is 0 Å². The number of anilines is 1. The van der Waals surface area contributed by atoms with E-state index >= 15 is 0 Å². The number of aryl methyl sites for hydroxylation is 1. The molecule has 2 aromatic carbocycles. The quantitative estimate of drug-likeness (QED) is 0.858. The lowest BCUT2D eigenvalue weighted by Crippen LogP contribution is -2.41. The van der Waals surface area contributed by atoms with E-state index in [1.54, 1.807) is 25.3 Å². The number of likely N-dealkylation sites (tertiary alicyclic amines) is 1. The van der Waals surface area contributed by atoms with Crippen molar-refractivity contribution in [1.29, 1.82) is 0 Å². The Labute approximate surface area is 164 Å². The van der Waals surface area contributed by atoms with Gasteiger partial charge in [-0.25, -0.2) is 0 Å². The molecule has 5 nitrogen and oxygen atoms in total. The molecule has 0 radical (unpaired) electrons. The number of methoxy groups -OCH3 is 1. The molecule has 142 valence electrons. The zero-order valence-corrected chi connectivity index (χ0v) is 16.3. The van der Waals surface area contributed by atoms with Crippen molar-refractivity contribution >= 4 is 29.1 Å². The van der Waals surface area contributed by atoms with Crippen LogP contribution >= 0.6 is 11.6 Å². The van der Waals surface area contributed by atoms with Gasteiger partial charge in [-0.2, -0.15) is 0 Å². The molecule has 0 bridgehead atoms. The summed E-state index contributed by atoms with van der Waals surface area (Å²) in [6, 6.07) is 12.7. The van der Waals surface area contributed by atoms with E-state index < -0.39 is 0 Å². The van der Waals surface area contributed by atoms with Gasteiger partial charge in [-0.15, -0.1) is 0 Å². The van der Waals surface area contributed by atoms with Crippen LogP contribution < -0.4 is 10.1 Å². The first kappa shape index (κ1) is 19.2. The van der Waals surface area contributed by atoms with Crippen LogP contribution in [0.25, 0.3) is 0 Å². The summed E-state index contributed by atoms with van der Waals surface area (Å²) in [4.78, 5) is 27.0. The molecule has 1 saturated heterocycles. The Hall–Kier alpha value is -2.53. The first-order valence-electron chi connectivity index (χ1n) is 8.98. The minimum absolute atomic E-state index is 0.0189. The number of nitrogens with zero attached hydrogens (tertiary/aromatic N) is 1. The van der Waals surface area contributed by atoms with Gasteiger partial charge < -0.3 is 15.0 Å². The fourth-order valence-electron chi connectivity index (χ4n) is 3.24. The van der Waals surface area contributed by atoms with Gasteiger partial charge in [0.2, 0.25) is 5.91 Å². The van der Waals surface area contributed by atoms with E-state index in [1.807, 2.05) is 36.1 Å². The lowest BCUT2D eigenvalue weighted by Gasteiger charge is -2.31. The van der Waals surface area contributed by atoms with Crippen molar-refractivity contribution in [2.45, 2.75) is 19.8 Å². The summed E-state index contributed by atoms with van der Waals surface area (Å²) in [6.07, 6.45) is 1.26. The maximum atomic E-state index is 12.6. The smallest absolute Gasteiger partial charge is 0.253 e. The minimum atomic E-state index is -0.143. The third kappa shape index (κ3) is 4.61. The molecule has 0 saturated carbocycles. The molecule has 3 rings (SSSR count). The van der Waals surface area contributed by atoms with Crippen molar-refractivity contribution in [2.75, 3.05) is 25.5 Å². The fourth-order valence-corrected chi connectivity index (χ4v) is 3.41. The highest BCUT2D eigenvalue weighted by atomic mass is 35.5. The number of piperidine rings is 1. The first-order chi connectivity index (χ1) is 13.0. The number of ether oxygens (including phenoxy) is 1. The third-order valence-electron chi connectivity index (χ3n) is 4.87. The molecular weight excluding hydrogens is 364 g/mol. The number of hydrogen-bond acceptors (Lipinski definition) is 3. The van der Waals surface area contributed by atoms with Crippen molar-refractivity contribution in [1.82, 2.24) is 4.90 Å². The van der Waals surface area contributed by atoms with Gasteiger partial charge in [0.1, 0.15) is 5.75 Å². The van der Waals surface area contributed by atoms with Crippen LogP contribution in [-0.2, 0) is 4.79 Å². The van der Waals surface area contributed by atoms with Crippen molar-refractivity contribution in [3.05, 3.63) is 58.6 Å². The van der Waals surface area contributed by atoms with Crippen LogP contribution in [0.1, 0.15) is 28.8 Å². The van der Waals surface area contributed by atoms with Crippen molar-refractivity contribution in [3.8, 4) is 5.75 Å². The van der Waals surface area contributed by atoms with E-state index in [-0.39, 0.29) is 17.7 Å². The van der Waals surface area contributed by atoms with Gasteiger partial charge in [0.25, 0.3) is 5.91 Å². The summed E-state index contributed by atoms with van der Waals surface area (Å²) >= 11 is 6.01. The van der Waals surface area contributed by atoms with Crippen LogP contribution in [0, 0.1) is 12.8 Å². The van der Waals surface area contributed by atoms with Crippen molar-refractivity contribution in [2.24, 2.45) is 5.92 Å². The second-order valence-corrected chi connectivity index (χ2v) is 7.20. The Bertz CT molecular complexity index is 828. The van der Waals surface area contributed by atoms with Crippen LogP contribution in [0.5, 0.6) is 5.75 Å². The summed E-state index contributed by atoms with van der Waals surface area (Å²) in [6.45, 7) is 3.13. The van der Waals surface area contributed by atoms with E-state index in [4.69, 9.17) is 16.3 Å². The maximum Gasteiger partial charge on any atom is 0.253 e. The van der Waals surface area contributed by atoms with Crippen LogP contribution in [-0.4, -0.2) is 36.9 Å². The van der Waals surface area contributed by atoms with Crippen molar-refractivity contribution < 1.29 is 14.3 Å². The molecule has 0 spiro atoms. The molecule has 2 aromatic rings. The highest BCUT2D eigenvalue weighted by Crippen LogP contribution is 2.29. The standard InChI is InChI=1S/C21H23ClN2O3/c1-14-3-5-16(6-4-14)21(26)24-11-9-15(10-12-24)20(25)23-18-13-17(22)7-8-19(18)27-2/h3-8,13,15H,9-12H2,1-2H3,(H,23,25). The van der Waals surface area contributed by atoms with Gasteiger partial charge in [-0.3, -0.25) is 9.59 Å². The molecule has 1 aliphatic heterocycles. The lowest BCUT2D eigenvalue weighted by atomic mass is 9.95. The number of carbonyl (C=O) groups is 2. The average molecular weight is 387 g/mol. The lowest BCUT2D eigenvalue weighted by molar-refractivity contribution is -0.121. The van der Waals surface area contributed by atoms with Gasteiger partial charge in [0.05, 0.1) is 12.8 Å². The normalized spacial score (nSPS) is 14.7. The highest BCUT2D eigenvalue weighted by molar-refractivity contribution is 6.31. The fraction of sp³-hybridized carbons (Fsp3) is 0.333. The first-order valence-corrected chi connectivity index (χ1v) is 9.36. The van der Waals surface area contributed by atoms with Crippen LogP contribution in [0.4, 0.5) is 5.69 Å². The zero-order chi connectivity index (χ0) is 19.4. The molecule has 0 atom stereocenters. The largest absolute Gasteiger partial charge is 0.495 e. The van der Waals surface area contributed by atoms with Crippen molar-refractivity contribution in [3.63, 3.8) is 0 Å². The SMILES string of the molecule is COc1ccc(Cl)cc1NC(=O)C1CCN(C(=O)c2ccc(C)cc2)CC1. The van der Waals surface area contributed by atoms with Gasteiger partial charge in [-0.1, -0.05) is 29.3 Å². The molecule has 1 aliphatic rings. The van der Waals surface area contributed by atoms with Crippen LogP contribution in [0.15, 0.2) is 42.5 Å². The van der Waals surface area contributed by atoms with E-state index in [0.717, 1.165) is 5.56 Å². The molecule has 0 unspecified atom stereocenters. The summed E-state index contributed by atoms with van der Waals surface area (Å²) in [7, 11) is 1.55. The summed E-state index contributed by atoms with van der Waals surface area (Å²) in [5.41, 5.74) is 2.37. The molecule has 0 aromatic heterocycles. The minimum Gasteiger partial charge on any atom is -0.495 e. The average Bonchev–Trinajstić information content (AvgIpc) is 2.68. The third-order valence-corrected chi connectivity index (χ3v) is 5.11. The zero-order valence-electron chi connectivity index (χ0n) is 15.5. The van der Waals surface area contributed by atoms with Gasteiger partial charge in [-0.05, 0) is 50.1 Å². The predicted molar refractivity (Wildman–Crippen MR) is 106 cm³/mol. The second-order valence-electron chi connectivity index (χ2n) is 6.77. The van der Waals surface area contributed by atoms with E-state index in [9.17, 15) is 9.59 Å². The van der Waals surface area contributed by atoms with Gasteiger partial charge in [0.15, 0.2) is 0 Å². The van der Waals surface area contributed by atoms with Gasteiger partial charge >= 0.3 is 0 Å². The Kier molecular flexibility index (Phi) is 6.01. The number of amides is 2. The maximum absolute atomic E-state index is 12.6. The summed E-state index contributed by atoms with van der Waals surface area (Å²) < 4.78 is 5.27. The Balaban J connectivity index is 1.59. The Morgan fingerprint density at radius 1 is 1.11 bits per heavy atom. The van der Waals surface area contributed by atoms with Crippen LogP contribution in [0.2, 0.25) is 5.02 Å². The monoisotopic (exact) mass is 386 g/mol. The van der Waals surface area contributed by atoms with Crippen LogP contribution in [0.3, 0.4) is 0 Å². The number of carbonyl (C=O) groups excluding carboxylic acids is 2.